The Hall–Kier alpha value is -1.68. The second-order valence-corrected chi connectivity index (χ2v) is 5.53. The van der Waals surface area contributed by atoms with Crippen LogP contribution in [0.5, 0.6) is 5.75 Å². The Kier molecular flexibility index (Phi) is 5.30. The third kappa shape index (κ3) is 4.46. The van der Waals surface area contributed by atoms with Crippen LogP contribution in [0.1, 0.15) is 18.9 Å². The molecule has 106 valence electrons. The van der Waals surface area contributed by atoms with Gasteiger partial charge in [0.05, 0.1) is 6.61 Å². The summed E-state index contributed by atoms with van der Waals surface area (Å²) in [4.78, 5) is 0. The van der Waals surface area contributed by atoms with Crippen LogP contribution in [0.25, 0.3) is 0 Å². The second-order valence-electron chi connectivity index (χ2n) is 4.62. The van der Waals surface area contributed by atoms with Gasteiger partial charge in [-0.15, -0.1) is 0 Å². The van der Waals surface area contributed by atoms with E-state index in [9.17, 15) is 0 Å². The van der Waals surface area contributed by atoms with Crippen LogP contribution < -0.4 is 15.8 Å². The Morgan fingerprint density at radius 3 is 2.60 bits per heavy atom. The smallest absolute Gasteiger partial charge is 0.123 e. The summed E-state index contributed by atoms with van der Waals surface area (Å²) in [5, 5.41) is 3.36. The molecule has 3 nitrogen and oxygen atoms in total. The van der Waals surface area contributed by atoms with E-state index >= 15 is 0 Å². The zero-order chi connectivity index (χ0) is 14.4. The molecule has 0 bridgehead atoms. The van der Waals surface area contributed by atoms with Crippen LogP contribution >= 0.6 is 15.9 Å². The van der Waals surface area contributed by atoms with E-state index in [4.69, 9.17) is 10.5 Å². The molecule has 0 atom stereocenters. The van der Waals surface area contributed by atoms with Gasteiger partial charge in [-0.3, -0.25) is 0 Å². The lowest BCUT2D eigenvalue weighted by Crippen LogP contribution is -2.02. The second kappa shape index (κ2) is 7.20. The average Bonchev–Trinajstić information content (AvgIpc) is 2.44. The van der Waals surface area contributed by atoms with Gasteiger partial charge in [-0.2, -0.15) is 0 Å². The van der Waals surface area contributed by atoms with E-state index in [1.165, 1.54) is 5.56 Å². The van der Waals surface area contributed by atoms with Crippen molar-refractivity contribution in [1.29, 1.82) is 0 Å². The number of nitrogens with one attached hydrogen (secondary N) is 1. The molecule has 0 aliphatic rings. The summed E-state index contributed by atoms with van der Waals surface area (Å²) in [5.74, 6) is 0.810. The third-order valence-electron chi connectivity index (χ3n) is 2.81. The van der Waals surface area contributed by atoms with Gasteiger partial charge in [0.25, 0.3) is 0 Å². The summed E-state index contributed by atoms with van der Waals surface area (Å²) in [5.41, 5.74) is 8.79. The quantitative estimate of drug-likeness (QED) is 0.768. The fourth-order valence-corrected chi connectivity index (χ4v) is 2.10. The summed E-state index contributed by atoms with van der Waals surface area (Å²) in [6, 6.07) is 14.0. The van der Waals surface area contributed by atoms with E-state index in [1.54, 1.807) is 0 Å². The zero-order valence-electron chi connectivity index (χ0n) is 11.5. The molecule has 0 fully saturated rings. The topological polar surface area (TPSA) is 47.3 Å². The van der Waals surface area contributed by atoms with Gasteiger partial charge in [-0.25, -0.2) is 0 Å². The molecular formula is C16H19BrN2O. The van der Waals surface area contributed by atoms with Crippen molar-refractivity contribution in [2.24, 2.45) is 0 Å². The van der Waals surface area contributed by atoms with Crippen LogP contribution in [0.15, 0.2) is 46.9 Å². The van der Waals surface area contributed by atoms with Gasteiger partial charge in [0.15, 0.2) is 0 Å². The van der Waals surface area contributed by atoms with Gasteiger partial charge in [-0.1, -0.05) is 35.0 Å². The van der Waals surface area contributed by atoms with Crippen LogP contribution in [-0.2, 0) is 6.54 Å². The molecule has 0 aromatic heterocycles. The van der Waals surface area contributed by atoms with Crippen LogP contribution in [0.3, 0.4) is 0 Å². The van der Waals surface area contributed by atoms with Gasteiger partial charge >= 0.3 is 0 Å². The van der Waals surface area contributed by atoms with Crippen molar-refractivity contribution < 1.29 is 4.74 Å². The summed E-state index contributed by atoms with van der Waals surface area (Å²) < 4.78 is 6.70. The highest BCUT2D eigenvalue weighted by atomic mass is 79.9. The SMILES string of the molecule is CCCOc1cc(N)cc(NCc2ccc(Br)cc2)c1. The van der Waals surface area contributed by atoms with E-state index in [-0.39, 0.29) is 0 Å². The molecule has 2 aromatic rings. The van der Waals surface area contributed by atoms with E-state index < -0.39 is 0 Å². The molecule has 3 N–H and O–H groups in total. The van der Waals surface area contributed by atoms with E-state index in [0.717, 1.165) is 28.9 Å². The Morgan fingerprint density at radius 1 is 1.15 bits per heavy atom. The van der Waals surface area contributed by atoms with Crippen LogP contribution in [0.4, 0.5) is 11.4 Å². The molecule has 4 heteroatoms. The zero-order valence-corrected chi connectivity index (χ0v) is 13.1. The van der Waals surface area contributed by atoms with Crippen molar-refractivity contribution in [3.63, 3.8) is 0 Å². The lowest BCUT2D eigenvalue weighted by molar-refractivity contribution is 0.318. The monoisotopic (exact) mass is 334 g/mol. The first-order valence-electron chi connectivity index (χ1n) is 6.69. The van der Waals surface area contributed by atoms with Crippen molar-refractivity contribution in [2.75, 3.05) is 17.7 Å². The highest BCUT2D eigenvalue weighted by molar-refractivity contribution is 9.10. The number of benzene rings is 2. The van der Waals surface area contributed by atoms with E-state index in [0.29, 0.717) is 12.3 Å². The van der Waals surface area contributed by atoms with Crippen molar-refractivity contribution in [2.45, 2.75) is 19.9 Å². The predicted octanol–water partition coefficient (Wildman–Crippen LogP) is 4.43. The first kappa shape index (κ1) is 14.7. The molecule has 0 unspecified atom stereocenters. The Morgan fingerprint density at radius 2 is 1.90 bits per heavy atom. The van der Waals surface area contributed by atoms with Gasteiger partial charge in [-0.05, 0) is 30.2 Å². The summed E-state index contributed by atoms with van der Waals surface area (Å²) in [6.07, 6.45) is 0.983. The van der Waals surface area contributed by atoms with Gasteiger partial charge in [0, 0.05) is 34.5 Å². The molecular weight excluding hydrogens is 316 g/mol. The van der Waals surface area contributed by atoms with Gasteiger partial charge in [0.2, 0.25) is 0 Å². The number of nitrogen functional groups attached to an aromatic ring is 1. The van der Waals surface area contributed by atoms with Crippen molar-refractivity contribution in [1.82, 2.24) is 0 Å². The minimum Gasteiger partial charge on any atom is -0.493 e. The first-order valence-corrected chi connectivity index (χ1v) is 7.48. The maximum absolute atomic E-state index is 5.89. The normalized spacial score (nSPS) is 10.3. The summed E-state index contributed by atoms with van der Waals surface area (Å²) in [7, 11) is 0. The van der Waals surface area contributed by atoms with Crippen molar-refractivity contribution in [3.8, 4) is 5.75 Å². The van der Waals surface area contributed by atoms with Gasteiger partial charge < -0.3 is 15.8 Å². The van der Waals surface area contributed by atoms with Crippen LogP contribution in [-0.4, -0.2) is 6.61 Å². The number of hydrogen-bond donors (Lipinski definition) is 2. The Labute approximate surface area is 128 Å². The van der Waals surface area contributed by atoms with Crippen LogP contribution in [0, 0.1) is 0 Å². The maximum atomic E-state index is 5.89. The summed E-state index contributed by atoms with van der Waals surface area (Å²) in [6.45, 7) is 3.54. The predicted molar refractivity (Wildman–Crippen MR) is 88.1 cm³/mol. The molecule has 2 aromatic carbocycles. The number of nitrogens with two attached hydrogens (primary N) is 1. The summed E-state index contributed by atoms with van der Waals surface area (Å²) >= 11 is 3.43. The number of anilines is 2. The number of ether oxygens (including phenoxy) is 1. The molecule has 0 spiro atoms. The Bertz CT molecular complexity index is 555. The number of hydrogen-bond acceptors (Lipinski definition) is 3. The number of halogens is 1. The molecule has 0 amide bonds. The molecule has 20 heavy (non-hydrogen) atoms. The lowest BCUT2D eigenvalue weighted by Gasteiger charge is -2.11. The fourth-order valence-electron chi connectivity index (χ4n) is 1.83. The minimum atomic E-state index is 0.704. The molecule has 0 saturated carbocycles. The molecule has 0 saturated heterocycles. The molecule has 0 heterocycles. The molecule has 2 rings (SSSR count). The largest absolute Gasteiger partial charge is 0.493 e. The lowest BCUT2D eigenvalue weighted by atomic mass is 10.2. The molecule has 0 radical (unpaired) electrons. The highest BCUT2D eigenvalue weighted by Gasteiger charge is 2.00. The Balaban J connectivity index is 2.01. The average molecular weight is 335 g/mol. The fraction of sp³-hybridized carbons (Fsp3) is 0.250. The minimum absolute atomic E-state index is 0.704. The van der Waals surface area contributed by atoms with Crippen molar-refractivity contribution in [3.05, 3.63) is 52.5 Å². The van der Waals surface area contributed by atoms with Gasteiger partial charge in [0.1, 0.15) is 5.75 Å². The molecule has 0 aliphatic heterocycles. The standard InChI is InChI=1S/C16H19BrN2O/c1-2-7-20-16-9-14(18)8-15(10-16)19-11-12-3-5-13(17)6-4-12/h3-6,8-10,19H,2,7,11,18H2,1H3. The van der Waals surface area contributed by atoms with Crippen LogP contribution in [0.2, 0.25) is 0 Å². The number of rotatable bonds is 6. The van der Waals surface area contributed by atoms with E-state index in [2.05, 4.69) is 40.3 Å². The van der Waals surface area contributed by atoms with Crippen molar-refractivity contribution >= 4 is 27.3 Å². The third-order valence-corrected chi connectivity index (χ3v) is 3.34. The first-order chi connectivity index (χ1) is 9.67. The highest BCUT2D eigenvalue weighted by Crippen LogP contribution is 2.23. The molecule has 0 aliphatic carbocycles. The maximum Gasteiger partial charge on any atom is 0.123 e. The van der Waals surface area contributed by atoms with E-state index in [1.807, 2.05) is 30.3 Å².